The lowest BCUT2D eigenvalue weighted by Crippen LogP contribution is -2.31. The molecule has 1 N–H and O–H groups in total. The summed E-state index contributed by atoms with van der Waals surface area (Å²) in [4.78, 5) is 15.1. The summed E-state index contributed by atoms with van der Waals surface area (Å²) in [5.41, 5.74) is 0.0555. The average Bonchev–Trinajstić information content (AvgIpc) is 2.75. The molecule has 6 nitrogen and oxygen atoms in total. The number of rotatable bonds is 3. The van der Waals surface area contributed by atoms with Gasteiger partial charge in [0.2, 0.25) is 5.03 Å². The van der Waals surface area contributed by atoms with Gasteiger partial charge in [0.1, 0.15) is 5.76 Å². The number of sulfonamides is 1. The Morgan fingerprint density at radius 3 is 2.74 bits per heavy atom. The van der Waals surface area contributed by atoms with Crippen molar-refractivity contribution in [1.29, 1.82) is 0 Å². The van der Waals surface area contributed by atoms with Crippen LogP contribution in [0.15, 0.2) is 40.1 Å². The maximum absolute atomic E-state index is 13.3. The summed E-state index contributed by atoms with van der Waals surface area (Å²) >= 11 is 0. The number of aryl methyl sites for hydroxylation is 1. The molecule has 8 heteroatoms. The second kappa shape index (κ2) is 4.81. The first kappa shape index (κ1) is 13.2. The van der Waals surface area contributed by atoms with Gasteiger partial charge in [-0.15, -0.1) is 0 Å². The SMILES string of the molecule is Cc1occc1C(=O)NS(=O)(=O)c1ncccc1F. The van der Waals surface area contributed by atoms with E-state index in [9.17, 15) is 17.6 Å². The van der Waals surface area contributed by atoms with Gasteiger partial charge >= 0.3 is 0 Å². The summed E-state index contributed by atoms with van der Waals surface area (Å²) in [6.07, 6.45) is 2.36. The molecule has 2 heterocycles. The van der Waals surface area contributed by atoms with Gasteiger partial charge in [0.25, 0.3) is 15.9 Å². The number of furan rings is 1. The van der Waals surface area contributed by atoms with Gasteiger partial charge in [-0.3, -0.25) is 4.79 Å². The summed E-state index contributed by atoms with van der Waals surface area (Å²) in [7, 11) is -4.36. The van der Waals surface area contributed by atoms with Crippen LogP contribution in [0.5, 0.6) is 0 Å². The number of hydrogen-bond donors (Lipinski definition) is 1. The van der Waals surface area contributed by atoms with Crippen LogP contribution < -0.4 is 4.72 Å². The Morgan fingerprint density at radius 1 is 1.42 bits per heavy atom. The van der Waals surface area contributed by atoms with Crippen molar-refractivity contribution in [3.63, 3.8) is 0 Å². The van der Waals surface area contributed by atoms with Crippen molar-refractivity contribution < 1.29 is 22.0 Å². The van der Waals surface area contributed by atoms with Crippen LogP contribution in [0.3, 0.4) is 0 Å². The highest BCUT2D eigenvalue weighted by atomic mass is 32.2. The molecule has 100 valence electrons. The third-order valence-corrected chi connectivity index (χ3v) is 3.57. The third kappa shape index (κ3) is 2.63. The van der Waals surface area contributed by atoms with E-state index < -0.39 is 26.8 Å². The summed E-state index contributed by atoms with van der Waals surface area (Å²) in [6, 6.07) is 3.50. The van der Waals surface area contributed by atoms with Gasteiger partial charge in [-0.05, 0) is 25.1 Å². The summed E-state index contributed by atoms with van der Waals surface area (Å²) in [5, 5.41) is -0.829. The second-order valence-corrected chi connectivity index (χ2v) is 5.21. The van der Waals surface area contributed by atoms with Crippen molar-refractivity contribution in [1.82, 2.24) is 9.71 Å². The minimum atomic E-state index is -4.36. The van der Waals surface area contributed by atoms with Crippen molar-refractivity contribution in [3.05, 3.63) is 47.8 Å². The Labute approximate surface area is 108 Å². The summed E-state index contributed by atoms with van der Waals surface area (Å²) in [6.45, 7) is 1.50. The molecule has 0 saturated carbocycles. The lowest BCUT2D eigenvalue weighted by Gasteiger charge is -2.05. The maximum Gasteiger partial charge on any atom is 0.284 e. The van der Waals surface area contributed by atoms with Gasteiger partial charge in [-0.2, -0.15) is 8.42 Å². The Balaban J connectivity index is 2.31. The molecule has 0 radical (unpaired) electrons. The number of pyridine rings is 1. The van der Waals surface area contributed by atoms with E-state index in [0.717, 1.165) is 12.3 Å². The van der Waals surface area contributed by atoms with E-state index in [-0.39, 0.29) is 11.3 Å². The smallest absolute Gasteiger partial charge is 0.284 e. The van der Waals surface area contributed by atoms with Crippen LogP contribution >= 0.6 is 0 Å². The molecular formula is C11H9FN2O4S. The quantitative estimate of drug-likeness (QED) is 0.916. The lowest BCUT2D eigenvalue weighted by molar-refractivity contribution is 0.0980. The molecule has 1 amide bonds. The van der Waals surface area contributed by atoms with Crippen molar-refractivity contribution >= 4 is 15.9 Å². The van der Waals surface area contributed by atoms with E-state index >= 15 is 0 Å². The number of carbonyl (C=O) groups is 1. The number of hydrogen-bond acceptors (Lipinski definition) is 5. The van der Waals surface area contributed by atoms with Gasteiger partial charge in [0.15, 0.2) is 5.82 Å². The van der Waals surface area contributed by atoms with Crippen LogP contribution in [-0.4, -0.2) is 19.3 Å². The fraction of sp³-hybridized carbons (Fsp3) is 0.0909. The Morgan fingerprint density at radius 2 is 2.16 bits per heavy atom. The molecule has 0 aliphatic carbocycles. The summed E-state index contributed by atoms with van der Waals surface area (Å²) < 4.78 is 43.6. The highest BCUT2D eigenvalue weighted by molar-refractivity contribution is 7.90. The first-order valence-corrected chi connectivity index (χ1v) is 6.62. The number of nitrogens with one attached hydrogen (secondary N) is 1. The van der Waals surface area contributed by atoms with Gasteiger partial charge < -0.3 is 4.42 Å². The fourth-order valence-electron chi connectivity index (χ4n) is 1.41. The van der Waals surface area contributed by atoms with Crippen LogP contribution in [0.25, 0.3) is 0 Å². The largest absolute Gasteiger partial charge is 0.469 e. The molecule has 0 fully saturated rings. The summed E-state index contributed by atoms with van der Waals surface area (Å²) in [5.74, 6) is -1.68. The number of aromatic nitrogens is 1. The molecular weight excluding hydrogens is 275 g/mol. The average molecular weight is 284 g/mol. The molecule has 2 aromatic heterocycles. The van der Waals surface area contributed by atoms with E-state index in [1.165, 1.54) is 25.3 Å². The zero-order chi connectivity index (χ0) is 14.0. The normalized spacial score (nSPS) is 11.3. The van der Waals surface area contributed by atoms with Gasteiger partial charge in [-0.1, -0.05) is 0 Å². The Bertz CT molecular complexity index is 724. The third-order valence-electron chi connectivity index (χ3n) is 2.31. The van der Waals surface area contributed by atoms with Gasteiger partial charge in [0, 0.05) is 6.20 Å². The minimum Gasteiger partial charge on any atom is -0.469 e. The van der Waals surface area contributed by atoms with E-state index in [4.69, 9.17) is 4.42 Å². The Hall–Kier alpha value is -2.22. The number of amides is 1. The number of carbonyl (C=O) groups excluding carboxylic acids is 1. The highest BCUT2D eigenvalue weighted by Crippen LogP contribution is 2.13. The van der Waals surface area contributed by atoms with Gasteiger partial charge in [0.05, 0.1) is 11.8 Å². The van der Waals surface area contributed by atoms with Crippen molar-refractivity contribution in [2.24, 2.45) is 0 Å². The lowest BCUT2D eigenvalue weighted by atomic mass is 10.2. The molecule has 0 aromatic carbocycles. The number of halogens is 1. The fourth-order valence-corrected chi connectivity index (χ4v) is 2.39. The van der Waals surface area contributed by atoms with Crippen LogP contribution in [0, 0.1) is 12.7 Å². The second-order valence-electron chi connectivity index (χ2n) is 3.62. The first-order valence-electron chi connectivity index (χ1n) is 5.13. The molecule has 0 bridgehead atoms. The van der Waals surface area contributed by atoms with E-state index in [2.05, 4.69) is 4.98 Å². The standard InChI is InChI=1S/C11H9FN2O4S/c1-7-8(4-6-18-7)10(15)14-19(16,17)11-9(12)3-2-5-13-11/h2-6H,1H3,(H,14,15). The first-order chi connectivity index (χ1) is 8.92. The predicted molar refractivity (Wildman–Crippen MR) is 62.3 cm³/mol. The van der Waals surface area contributed by atoms with Crippen molar-refractivity contribution in [3.8, 4) is 0 Å². The molecule has 0 aliphatic heterocycles. The van der Waals surface area contributed by atoms with E-state index in [1.54, 1.807) is 4.72 Å². The zero-order valence-corrected chi connectivity index (χ0v) is 10.6. The predicted octanol–water partition coefficient (Wildman–Crippen LogP) is 1.24. The van der Waals surface area contributed by atoms with Crippen LogP contribution in [0.2, 0.25) is 0 Å². The molecule has 0 unspecified atom stereocenters. The van der Waals surface area contributed by atoms with Crippen LogP contribution in [0.1, 0.15) is 16.1 Å². The minimum absolute atomic E-state index is 0.0555. The highest BCUT2D eigenvalue weighted by Gasteiger charge is 2.24. The molecule has 0 spiro atoms. The monoisotopic (exact) mass is 284 g/mol. The maximum atomic E-state index is 13.3. The van der Waals surface area contributed by atoms with Crippen molar-refractivity contribution in [2.75, 3.05) is 0 Å². The molecule has 19 heavy (non-hydrogen) atoms. The topological polar surface area (TPSA) is 89.3 Å². The molecule has 2 rings (SSSR count). The zero-order valence-electron chi connectivity index (χ0n) is 9.75. The van der Waals surface area contributed by atoms with Crippen molar-refractivity contribution in [2.45, 2.75) is 11.9 Å². The van der Waals surface area contributed by atoms with E-state index in [0.29, 0.717) is 0 Å². The molecule has 0 saturated heterocycles. The molecule has 2 aromatic rings. The van der Waals surface area contributed by atoms with Gasteiger partial charge in [-0.25, -0.2) is 14.1 Å². The van der Waals surface area contributed by atoms with Crippen LogP contribution in [0.4, 0.5) is 4.39 Å². The van der Waals surface area contributed by atoms with Crippen LogP contribution in [-0.2, 0) is 10.0 Å². The Kier molecular flexibility index (Phi) is 3.34. The molecule has 0 atom stereocenters. The van der Waals surface area contributed by atoms with E-state index in [1.807, 2.05) is 0 Å². The molecule has 0 aliphatic rings. The number of nitrogens with zero attached hydrogens (tertiary/aromatic N) is 1.